The van der Waals surface area contributed by atoms with Crippen molar-refractivity contribution in [1.82, 2.24) is 9.55 Å². The molecule has 1 aliphatic carbocycles. The van der Waals surface area contributed by atoms with Gasteiger partial charge in [-0.2, -0.15) is 0 Å². The zero-order chi connectivity index (χ0) is 37.9. The molecule has 55 heavy (non-hydrogen) atoms. The Morgan fingerprint density at radius 2 is 1.44 bits per heavy atom. The Kier molecular flexibility index (Phi) is 8.70. The molecule has 1 aliphatic heterocycles. The number of nitrogens with zero attached hydrogens (tertiary/aromatic N) is 4. The van der Waals surface area contributed by atoms with E-state index in [-0.39, 0.29) is 32.0 Å². The maximum Gasteiger partial charge on any atom is 2.00 e. The summed E-state index contributed by atoms with van der Waals surface area (Å²) in [7, 11) is 0. The molecule has 3 heterocycles. The predicted octanol–water partition coefficient (Wildman–Crippen LogP) is 11.8. The van der Waals surface area contributed by atoms with Crippen molar-refractivity contribution in [3.8, 4) is 16.9 Å². The number of hydrogen-bond acceptors (Lipinski definition) is 3. The number of rotatable bonds is 4. The van der Waals surface area contributed by atoms with Crippen molar-refractivity contribution < 1.29 is 21.1 Å². The first kappa shape index (κ1) is 37.1. The molecule has 5 heteroatoms. The second-order valence-corrected chi connectivity index (χ2v) is 17.2. The van der Waals surface area contributed by atoms with E-state index >= 15 is 0 Å². The van der Waals surface area contributed by atoms with E-state index in [0.717, 1.165) is 56.7 Å². The summed E-state index contributed by atoms with van der Waals surface area (Å²) in [5, 5.41) is 2.35. The smallest absolute Gasteiger partial charge is 0.354 e. The second-order valence-electron chi connectivity index (χ2n) is 17.2. The van der Waals surface area contributed by atoms with Crippen LogP contribution in [-0.4, -0.2) is 20.9 Å². The van der Waals surface area contributed by atoms with Gasteiger partial charge in [0.05, 0.1) is 16.9 Å². The molecular formula is C50H48N4Pt. The Bertz CT molecular complexity index is 2700. The minimum atomic E-state index is -0.391. The molecular weight excluding hydrogens is 852 g/mol. The Hall–Kier alpha value is -4.79. The molecule has 2 atom stereocenters. The number of aryl methyl sites for hydroxylation is 5. The van der Waals surface area contributed by atoms with Crippen LogP contribution in [0.25, 0.3) is 38.8 Å². The van der Waals surface area contributed by atoms with E-state index in [1.54, 1.807) is 0 Å². The van der Waals surface area contributed by atoms with E-state index in [1.165, 1.54) is 50.0 Å². The van der Waals surface area contributed by atoms with Gasteiger partial charge in [0.1, 0.15) is 0 Å². The van der Waals surface area contributed by atoms with E-state index in [0.29, 0.717) is 0 Å². The maximum absolute atomic E-state index is 5.79. The van der Waals surface area contributed by atoms with Crippen LogP contribution in [0.4, 0.5) is 5.69 Å². The number of aromatic nitrogens is 2. The van der Waals surface area contributed by atoms with Crippen LogP contribution in [0, 0.1) is 46.8 Å². The number of benzene rings is 5. The molecule has 0 bridgehead atoms. The summed E-state index contributed by atoms with van der Waals surface area (Å²) < 4.78 is 2.35. The number of hydrogen-bond donors (Lipinski definition) is 0. The number of pyridine rings is 1. The fraction of sp³-hybridized carbons (Fsp3) is 0.280. The second kappa shape index (κ2) is 12.9. The van der Waals surface area contributed by atoms with Gasteiger partial charge in [0.25, 0.3) is 0 Å². The Labute approximate surface area is 340 Å². The first-order chi connectivity index (χ1) is 25.7. The van der Waals surface area contributed by atoms with Crippen molar-refractivity contribution >= 4 is 33.3 Å². The summed E-state index contributed by atoms with van der Waals surface area (Å²) >= 11 is 0. The Morgan fingerprint density at radius 1 is 0.709 bits per heavy atom. The Balaban J connectivity index is 0.00000427. The molecule has 7 aromatic rings. The van der Waals surface area contributed by atoms with Gasteiger partial charge < -0.3 is 19.4 Å². The molecule has 0 N–H and O–H groups in total. The fourth-order valence-electron chi connectivity index (χ4n) is 9.48. The van der Waals surface area contributed by atoms with Gasteiger partial charge in [-0.05, 0) is 121 Å². The standard InChI is InChI=1S/C50H48N4.Pt/c1-30-24-33(4)46(34(5)25-30)54-47(52-49(9)29-40-31(2)14-13-16-41(40)50(49,54)10)36-19-18-32(3)44(27-36)53-43-17-12-11-15-38(43)39-21-20-35(26-45(39)53)42-28-37(22-23-51-42)48(6,7)8;/h11-25,28H,29H2,1-10H3;/q-2;+2/t49-,50+;/m1./s1. The number of para-hydroxylation sites is 1. The van der Waals surface area contributed by atoms with E-state index in [1.807, 2.05) is 6.20 Å². The third kappa shape index (κ3) is 5.50. The maximum atomic E-state index is 5.79. The zero-order valence-electron chi connectivity index (χ0n) is 33.5. The fourth-order valence-corrected chi connectivity index (χ4v) is 9.48. The molecule has 0 saturated carbocycles. The summed E-state index contributed by atoms with van der Waals surface area (Å²) in [6, 6.07) is 41.1. The van der Waals surface area contributed by atoms with Crippen LogP contribution in [0.15, 0.2) is 102 Å². The summed E-state index contributed by atoms with van der Waals surface area (Å²) in [6.07, 6.45) is 2.82. The normalized spacial score (nSPS) is 19.1. The Morgan fingerprint density at radius 3 is 2.18 bits per heavy atom. The van der Waals surface area contributed by atoms with Gasteiger partial charge >= 0.3 is 21.1 Å². The summed E-state index contributed by atoms with van der Waals surface area (Å²) in [4.78, 5) is 13.2. The van der Waals surface area contributed by atoms with Crippen molar-refractivity contribution in [2.75, 3.05) is 4.90 Å². The minimum Gasteiger partial charge on any atom is -0.354 e. The monoisotopic (exact) mass is 899 g/mol. The minimum absolute atomic E-state index is 0. The quantitative estimate of drug-likeness (QED) is 0.165. The third-order valence-corrected chi connectivity index (χ3v) is 12.5. The molecule has 2 aliphatic rings. The molecule has 4 nitrogen and oxygen atoms in total. The van der Waals surface area contributed by atoms with Crippen molar-refractivity contribution in [2.24, 2.45) is 4.99 Å². The van der Waals surface area contributed by atoms with Crippen LogP contribution >= 0.6 is 0 Å². The van der Waals surface area contributed by atoms with Crippen LogP contribution in [0.3, 0.4) is 0 Å². The SMILES string of the molecule is Cc1cc(C)c(N2C(c3[c-]c(-n4c5[c-]c(-c6cc(C(C)(C)C)ccn6)ccc5c5ccccc54)c(C)cc3)=N[C@]3(C)Cc4c(C)cccc4[C@]23C)c(C)c1.[Pt+2]. The molecule has 2 aromatic heterocycles. The largest absolute Gasteiger partial charge is 2.00 e. The molecule has 0 fully saturated rings. The zero-order valence-corrected chi connectivity index (χ0v) is 35.8. The van der Waals surface area contributed by atoms with Crippen LogP contribution in [0.1, 0.15) is 84.7 Å². The predicted molar refractivity (Wildman–Crippen MR) is 225 cm³/mol. The van der Waals surface area contributed by atoms with Crippen molar-refractivity contribution in [2.45, 2.75) is 92.2 Å². The molecule has 0 unspecified atom stereocenters. The molecule has 0 amide bonds. The average molecular weight is 900 g/mol. The van der Waals surface area contributed by atoms with Crippen molar-refractivity contribution in [3.05, 3.63) is 159 Å². The van der Waals surface area contributed by atoms with Gasteiger partial charge in [0, 0.05) is 17.4 Å². The topological polar surface area (TPSA) is 33.4 Å². The van der Waals surface area contributed by atoms with E-state index in [4.69, 9.17) is 9.98 Å². The van der Waals surface area contributed by atoms with Crippen molar-refractivity contribution in [1.29, 1.82) is 0 Å². The van der Waals surface area contributed by atoms with Crippen LogP contribution in [-0.2, 0) is 38.4 Å². The van der Waals surface area contributed by atoms with E-state index in [9.17, 15) is 0 Å². The van der Waals surface area contributed by atoms with E-state index < -0.39 is 5.54 Å². The van der Waals surface area contributed by atoms with Gasteiger partial charge in [-0.15, -0.1) is 53.1 Å². The first-order valence-corrected chi connectivity index (χ1v) is 19.2. The number of fused-ring (bicyclic) bond motifs is 6. The van der Waals surface area contributed by atoms with Crippen LogP contribution in [0.5, 0.6) is 0 Å². The number of amidine groups is 1. The van der Waals surface area contributed by atoms with Gasteiger partial charge in [0.15, 0.2) is 0 Å². The van der Waals surface area contributed by atoms with Gasteiger partial charge in [0.2, 0.25) is 0 Å². The molecule has 9 rings (SSSR count). The summed E-state index contributed by atoms with van der Waals surface area (Å²) in [5.41, 5.74) is 16.8. The number of anilines is 1. The molecule has 278 valence electrons. The van der Waals surface area contributed by atoms with Crippen LogP contribution < -0.4 is 4.90 Å². The van der Waals surface area contributed by atoms with Crippen molar-refractivity contribution in [3.63, 3.8) is 0 Å². The number of aliphatic imine (C=N–C) groups is 1. The average Bonchev–Trinajstić information content (AvgIpc) is 3.66. The molecule has 0 saturated heterocycles. The molecule has 0 radical (unpaired) electrons. The summed E-state index contributed by atoms with van der Waals surface area (Å²) in [5.74, 6) is 0.970. The van der Waals surface area contributed by atoms with Gasteiger partial charge in [-0.1, -0.05) is 93.2 Å². The van der Waals surface area contributed by atoms with E-state index in [2.05, 4.69) is 182 Å². The summed E-state index contributed by atoms with van der Waals surface area (Å²) in [6.45, 7) is 22.6. The van der Waals surface area contributed by atoms with Gasteiger partial charge in [-0.3, -0.25) is 0 Å². The third-order valence-electron chi connectivity index (χ3n) is 12.5. The van der Waals surface area contributed by atoms with Crippen LogP contribution in [0.2, 0.25) is 0 Å². The molecule has 0 spiro atoms. The molecule has 5 aromatic carbocycles. The first-order valence-electron chi connectivity index (χ1n) is 19.2. The van der Waals surface area contributed by atoms with Gasteiger partial charge in [-0.25, -0.2) is 0 Å².